The Hall–Kier alpha value is -0.790. The maximum Gasteiger partial charge on any atom is 0.142 e. The van der Waals surface area contributed by atoms with Gasteiger partial charge >= 0.3 is 0 Å². The van der Waals surface area contributed by atoms with Crippen LogP contribution in [0, 0.1) is 5.41 Å². The topological polar surface area (TPSA) is 21.6 Å². The summed E-state index contributed by atoms with van der Waals surface area (Å²) >= 11 is 0. The van der Waals surface area contributed by atoms with Crippen molar-refractivity contribution in [2.24, 2.45) is 10.6 Å². The zero-order valence-electron chi connectivity index (χ0n) is 7.05. The summed E-state index contributed by atoms with van der Waals surface area (Å²) < 4.78 is 0. The van der Waals surface area contributed by atoms with Crippen LogP contribution >= 0.6 is 0 Å². The Morgan fingerprint density at radius 2 is 2.36 bits per heavy atom. The van der Waals surface area contributed by atoms with Gasteiger partial charge in [-0.1, -0.05) is 12.1 Å². The molecule has 1 saturated carbocycles. The van der Waals surface area contributed by atoms with Crippen LogP contribution in [0.3, 0.4) is 0 Å². The van der Waals surface area contributed by atoms with Crippen molar-refractivity contribution in [3.05, 3.63) is 11.8 Å². The van der Waals surface area contributed by atoms with Gasteiger partial charge in [-0.05, 0) is 32.3 Å². The molecular formula is C9H13NO. The van der Waals surface area contributed by atoms with Gasteiger partial charge in [0.1, 0.15) is 5.76 Å². The lowest BCUT2D eigenvalue weighted by atomic mass is 9.96. The molecule has 2 rings (SSSR count). The molecule has 60 valence electrons. The van der Waals surface area contributed by atoms with Crippen molar-refractivity contribution in [3.63, 3.8) is 0 Å². The molecule has 1 spiro atoms. The molecule has 1 aliphatic heterocycles. The molecule has 0 unspecified atom stereocenters. The molecule has 11 heavy (non-hydrogen) atoms. The van der Waals surface area contributed by atoms with E-state index in [1.165, 1.54) is 18.6 Å². The largest absolute Gasteiger partial charge is 0.361 e. The van der Waals surface area contributed by atoms with E-state index in [0.717, 1.165) is 12.2 Å². The zero-order chi connectivity index (χ0) is 7.90. The molecule has 0 aromatic rings. The summed E-state index contributed by atoms with van der Waals surface area (Å²) in [6.07, 6.45) is 5.54. The molecule has 1 fully saturated rings. The van der Waals surface area contributed by atoms with Gasteiger partial charge in [0.2, 0.25) is 0 Å². The van der Waals surface area contributed by atoms with Gasteiger partial charge in [-0.2, -0.15) is 0 Å². The van der Waals surface area contributed by atoms with Gasteiger partial charge in [0.15, 0.2) is 0 Å². The highest BCUT2D eigenvalue weighted by Gasteiger charge is 2.54. The van der Waals surface area contributed by atoms with Crippen LogP contribution in [-0.2, 0) is 4.84 Å². The summed E-state index contributed by atoms with van der Waals surface area (Å²) in [4.78, 5) is 5.23. The van der Waals surface area contributed by atoms with Crippen molar-refractivity contribution >= 4 is 5.71 Å². The molecule has 0 aromatic carbocycles. The Balaban J connectivity index is 2.29. The minimum Gasteiger partial charge on any atom is -0.361 e. The third-order valence-electron chi connectivity index (χ3n) is 2.63. The molecule has 2 nitrogen and oxygen atoms in total. The lowest BCUT2D eigenvalue weighted by molar-refractivity contribution is 0.227. The van der Waals surface area contributed by atoms with Crippen molar-refractivity contribution in [1.29, 1.82) is 0 Å². The first kappa shape index (κ1) is 6.89. The third-order valence-corrected chi connectivity index (χ3v) is 2.63. The van der Waals surface area contributed by atoms with E-state index in [1.807, 2.05) is 13.0 Å². The summed E-state index contributed by atoms with van der Waals surface area (Å²) in [6, 6.07) is 0. The van der Waals surface area contributed by atoms with E-state index in [1.54, 1.807) is 0 Å². The summed E-state index contributed by atoms with van der Waals surface area (Å²) in [6.45, 7) is 4.16. The van der Waals surface area contributed by atoms with Gasteiger partial charge in [-0.25, -0.2) is 0 Å². The molecule has 0 radical (unpaired) electrons. The predicted molar refractivity (Wildman–Crippen MR) is 44.2 cm³/mol. The van der Waals surface area contributed by atoms with E-state index < -0.39 is 0 Å². The summed E-state index contributed by atoms with van der Waals surface area (Å²) in [5, 5.41) is 4.07. The number of hydrogen-bond donors (Lipinski definition) is 0. The fraction of sp³-hybridized carbons (Fsp3) is 0.667. The van der Waals surface area contributed by atoms with Crippen molar-refractivity contribution in [2.45, 2.75) is 33.1 Å². The Morgan fingerprint density at radius 3 is 2.82 bits per heavy atom. The van der Waals surface area contributed by atoms with E-state index in [-0.39, 0.29) is 5.41 Å². The number of nitrogens with zero attached hydrogens (tertiary/aromatic N) is 1. The summed E-state index contributed by atoms with van der Waals surface area (Å²) in [5.74, 6) is 1.08. The van der Waals surface area contributed by atoms with Crippen molar-refractivity contribution in [1.82, 2.24) is 0 Å². The van der Waals surface area contributed by atoms with Crippen LogP contribution in [0.2, 0.25) is 0 Å². The highest BCUT2D eigenvalue weighted by Crippen LogP contribution is 2.56. The first-order valence-corrected chi connectivity index (χ1v) is 4.24. The molecule has 0 amide bonds. The van der Waals surface area contributed by atoms with Crippen molar-refractivity contribution in [2.75, 3.05) is 0 Å². The van der Waals surface area contributed by atoms with Crippen LogP contribution in [-0.4, -0.2) is 5.71 Å². The minimum atomic E-state index is 0.267. The number of oxime groups is 1. The number of allylic oxidation sites excluding steroid dienone is 2. The van der Waals surface area contributed by atoms with E-state index in [2.05, 4.69) is 12.1 Å². The van der Waals surface area contributed by atoms with Gasteiger partial charge < -0.3 is 4.84 Å². The van der Waals surface area contributed by atoms with Crippen LogP contribution < -0.4 is 0 Å². The van der Waals surface area contributed by atoms with E-state index in [9.17, 15) is 0 Å². The van der Waals surface area contributed by atoms with Crippen LogP contribution in [0.1, 0.15) is 33.1 Å². The van der Waals surface area contributed by atoms with Crippen LogP contribution in [0.5, 0.6) is 0 Å². The Bertz CT molecular complexity index is 236. The summed E-state index contributed by atoms with van der Waals surface area (Å²) in [5.41, 5.74) is 1.51. The van der Waals surface area contributed by atoms with Crippen LogP contribution in [0.15, 0.2) is 17.0 Å². The fourth-order valence-corrected chi connectivity index (χ4v) is 1.81. The Kier molecular flexibility index (Phi) is 1.31. The lowest BCUT2D eigenvalue weighted by Crippen LogP contribution is -2.11. The summed E-state index contributed by atoms with van der Waals surface area (Å²) in [7, 11) is 0. The first-order chi connectivity index (χ1) is 5.33. The number of hydrogen-bond acceptors (Lipinski definition) is 2. The Morgan fingerprint density at radius 1 is 1.64 bits per heavy atom. The quantitative estimate of drug-likeness (QED) is 0.564. The van der Waals surface area contributed by atoms with E-state index in [0.29, 0.717) is 0 Å². The molecule has 1 aliphatic carbocycles. The second-order valence-electron chi connectivity index (χ2n) is 3.22. The monoisotopic (exact) mass is 151 g/mol. The standard InChI is InChI=1S/C9H13NO/c1-3-7-9(5-6-9)8(4-2)11-10-7/h4H,3,5-6H2,1-2H3/b8-4-. The minimum absolute atomic E-state index is 0.267. The Labute approximate surface area is 66.9 Å². The highest BCUT2D eigenvalue weighted by molar-refractivity contribution is 5.95. The van der Waals surface area contributed by atoms with Gasteiger partial charge in [0, 0.05) is 0 Å². The molecule has 0 aromatic heterocycles. The molecule has 1 heterocycles. The van der Waals surface area contributed by atoms with E-state index in [4.69, 9.17) is 4.84 Å². The smallest absolute Gasteiger partial charge is 0.142 e. The molecule has 2 aliphatic rings. The zero-order valence-corrected chi connectivity index (χ0v) is 7.05. The number of rotatable bonds is 1. The molecule has 2 heteroatoms. The second kappa shape index (κ2) is 2.10. The molecular weight excluding hydrogens is 138 g/mol. The molecule has 0 bridgehead atoms. The van der Waals surface area contributed by atoms with Crippen molar-refractivity contribution in [3.8, 4) is 0 Å². The van der Waals surface area contributed by atoms with Gasteiger partial charge in [-0.3, -0.25) is 0 Å². The highest BCUT2D eigenvalue weighted by atomic mass is 16.6. The van der Waals surface area contributed by atoms with Crippen molar-refractivity contribution < 1.29 is 4.84 Å². The maximum atomic E-state index is 5.23. The predicted octanol–water partition coefficient (Wildman–Crippen LogP) is 2.47. The second-order valence-corrected chi connectivity index (χ2v) is 3.22. The maximum absolute atomic E-state index is 5.23. The van der Waals surface area contributed by atoms with E-state index >= 15 is 0 Å². The van der Waals surface area contributed by atoms with Crippen LogP contribution in [0.4, 0.5) is 0 Å². The van der Waals surface area contributed by atoms with Gasteiger partial charge in [0.25, 0.3) is 0 Å². The third kappa shape index (κ3) is 0.753. The average molecular weight is 151 g/mol. The SMILES string of the molecule is C/C=C1\ON=C(CC)C12CC2. The normalized spacial score (nSPS) is 28.9. The molecule has 0 atom stereocenters. The molecule has 0 saturated heterocycles. The lowest BCUT2D eigenvalue weighted by Gasteiger charge is -2.05. The first-order valence-electron chi connectivity index (χ1n) is 4.24. The van der Waals surface area contributed by atoms with Gasteiger partial charge in [0.05, 0.1) is 11.1 Å². The van der Waals surface area contributed by atoms with Gasteiger partial charge in [-0.15, -0.1) is 0 Å². The average Bonchev–Trinajstić information content (AvgIpc) is 2.68. The van der Waals surface area contributed by atoms with Crippen LogP contribution in [0.25, 0.3) is 0 Å². The fourth-order valence-electron chi connectivity index (χ4n) is 1.81. The molecule has 0 N–H and O–H groups in total.